The van der Waals surface area contributed by atoms with Gasteiger partial charge in [0, 0.05) is 25.9 Å². The second-order valence-electron chi connectivity index (χ2n) is 8.13. The number of carbonyl (C=O) groups excluding carboxylic acids is 2. The molecule has 1 N–H and O–H groups in total. The van der Waals surface area contributed by atoms with E-state index in [1.54, 1.807) is 11.9 Å². The summed E-state index contributed by atoms with van der Waals surface area (Å²) in [4.78, 5) is 28.2. The Bertz CT molecular complexity index is 978. The van der Waals surface area contributed by atoms with Crippen LogP contribution in [0.2, 0.25) is 0 Å². The zero-order valence-corrected chi connectivity index (χ0v) is 19.1. The molecule has 0 unspecified atom stereocenters. The molecule has 0 spiro atoms. The highest BCUT2D eigenvalue weighted by Gasteiger charge is 2.30. The van der Waals surface area contributed by atoms with E-state index < -0.39 is 6.04 Å². The minimum absolute atomic E-state index is 0.0281. The van der Waals surface area contributed by atoms with Crippen molar-refractivity contribution in [3.05, 3.63) is 107 Å². The van der Waals surface area contributed by atoms with Gasteiger partial charge in [-0.2, -0.15) is 0 Å². The molecular formula is C28H32N2O2. The van der Waals surface area contributed by atoms with Gasteiger partial charge in [-0.05, 0) is 30.0 Å². The largest absolute Gasteiger partial charge is 0.357 e. The Hall–Kier alpha value is -3.40. The molecule has 0 aliphatic heterocycles. The van der Waals surface area contributed by atoms with Crippen LogP contribution >= 0.6 is 0 Å². The number of carbonyl (C=O) groups is 2. The number of benzene rings is 3. The number of nitrogens with one attached hydrogen (secondary N) is 1. The Labute approximate surface area is 191 Å². The Morgan fingerprint density at radius 3 is 1.97 bits per heavy atom. The van der Waals surface area contributed by atoms with Crippen LogP contribution in [-0.2, 0) is 16.1 Å². The molecule has 0 fully saturated rings. The summed E-state index contributed by atoms with van der Waals surface area (Å²) in [5.74, 6) is -0.240. The van der Waals surface area contributed by atoms with E-state index in [4.69, 9.17) is 0 Å². The summed E-state index contributed by atoms with van der Waals surface area (Å²) in [7, 11) is 1.62. The van der Waals surface area contributed by atoms with Gasteiger partial charge >= 0.3 is 0 Å². The van der Waals surface area contributed by atoms with E-state index in [1.165, 1.54) is 0 Å². The first kappa shape index (κ1) is 23.3. The summed E-state index contributed by atoms with van der Waals surface area (Å²) < 4.78 is 0. The Kier molecular flexibility index (Phi) is 8.20. The highest BCUT2D eigenvalue weighted by molar-refractivity contribution is 5.88. The first-order valence-corrected chi connectivity index (χ1v) is 11.2. The molecule has 3 aromatic carbocycles. The molecule has 0 saturated heterocycles. The van der Waals surface area contributed by atoms with Crippen molar-refractivity contribution in [2.24, 2.45) is 0 Å². The van der Waals surface area contributed by atoms with Gasteiger partial charge in [0.1, 0.15) is 6.04 Å². The van der Waals surface area contributed by atoms with Crippen LogP contribution in [0.5, 0.6) is 0 Å². The SMILES string of the molecule is CC[C@@H](C(=O)NC)N(Cc1cccc(C)c1)C(=O)CC(c1ccccc1)c1ccccc1. The van der Waals surface area contributed by atoms with Crippen LogP contribution in [0, 0.1) is 6.92 Å². The lowest BCUT2D eigenvalue weighted by atomic mass is 9.88. The lowest BCUT2D eigenvalue weighted by molar-refractivity contribution is -0.141. The maximum Gasteiger partial charge on any atom is 0.242 e. The minimum atomic E-state index is -0.514. The number of likely N-dealkylation sites (N-methyl/N-ethyl adjacent to an activating group) is 1. The van der Waals surface area contributed by atoms with Crippen molar-refractivity contribution >= 4 is 11.8 Å². The highest BCUT2D eigenvalue weighted by Crippen LogP contribution is 2.29. The van der Waals surface area contributed by atoms with Crippen LogP contribution in [0.25, 0.3) is 0 Å². The molecular weight excluding hydrogens is 396 g/mol. The lowest BCUT2D eigenvalue weighted by Crippen LogP contribution is -2.48. The first-order valence-electron chi connectivity index (χ1n) is 11.2. The molecule has 0 aliphatic carbocycles. The number of hydrogen-bond acceptors (Lipinski definition) is 2. The van der Waals surface area contributed by atoms with Crippen molar-refractivity contribution in [1.82, 2.24) is 10.2 Å². The van der Waals surface area contributed by atoms with Crippen molar-refractivity contribution in [3.63, 3.8) is 0 Å². The fourth-order valence-corrected chi connectivity index (χ4v) is 4.18. The van der Waals surface area contributed by atoms with E-state index >= 15 is 0 Å². The Morgan fingerprint density at radius 2 is 1.47 bits per heavy atom. The molecule has 1 atom stereocenters. The maximum atomic E-state index is 13.8. The second kappa shape index (κ2) is 11.3. The quantitative estimate of drug-likeness (QED) is 0.517. The summed E-state index contributed by atoms with van der Waals surface area (Å²) in [6, 6.07) is 27.8. The number of nitrogens with zero attached hydrogens (tertiary/aromatic N) is 1. The number of aryl methyl sites for hydroxylation is 1. The molecule has 0 aromatic heterocycles. The van der Waals surface area contributed by atoms with Gasteiger partial charge in [-0.25, -0.2) is 0 Å². The third kappa shape index (κ3) is 5.85. The second-order valence-corrected chi connectivity index (χ2v) is 8.13. The van der Waals surface area contributed by atoms with Gasteiger partial charge in [-0.1, -0.05) is 97.4 Å². The predicted octanol–water partition coefficient (Wildman–Crippen LogP) is 5.07. The Morgan fingerprint density at radius 1 is 0.875 bits per heavy atom. The molecule has 2 amide bonds. The average molecular weight is 429 g/mol. The summed E-state index contributed by atoms with van der Waals surface area (Å²) in [6.07, 6.45) is 0.853. The van der Waals surface area contributed by atoms with Crippen LogP contribution in [0.1, 0.15) is 47.9 Å². The van der Waals surface area contributed by atoms with Crippen LogP contribution < -0.4 is 5.32 Å². The number of amides is 2. The smallest absolute Gasteiger partial charge is 0.242 e. The molecule has 0 bridgehead atoms. The van der Waals surface area contributed by atoms with Gasteiger partial charge in [-0.3, -0.25) is 9.59 Å². The average Bonchev–Trinajstić information content (AvgIpc) is 2.83. The van der Waals surface area contributed by atoms with E-state index in [9.17, 15) is 9.59 Å². The molecule has 3 rings (SSSR count). The predicted molar refractivity (Wildman–Crippen MR) is 129 cm³/mol. The molecule has 0 saturated carbocycles. The summed E-state index contributed by atoms with van der Waals surface area (Å²) in [5.41, 5.74) is 4.34. The van der Waals surface area contributed by atoms with Crippen molar-refractivity contribution in [2.75, 3.05) is 7.05 Å². The van der Waals surface area contributed by atoms with Gasteiger partial charge in [0.15, 0.2) is 0 Å². The van der Waals surface area contributed by atoms with Gasteiger partial charge in [0.05, 0.1) is 0 Å². The van der Waals surface area contributed by atoms with Gasteiger partial charge < -0.3 is 10.2 Å². The Balaban J connectivity index is 1.95. The van der Waals surface area contributed by atoms with E-state index in [2.05, 4.69) is 35.6 Å². The highest BCUT2D eigenvalue weighted by atomic mass is 16.2. The van der Waals surface area contributed by atoms with E-state index in [0.717, 1.165) is 22.3 Å². The third-order valence-electron chi connectivity index (χ3n) is 5.85. The van der Waals surface area contributed by atoms with E-state index in [1.807, 2.05) is 68.4 Å². The topological polar surface area (TPSA) is 49.4 Å². The molecule has 4 heteroatoms. The zero-order chi connectivity index (χ0) is 22.9. The fourth-order valence-electron chi connectivity index (χ4n) is 4.18. The maximum absolute atomic E-state index is 13.8. The summed E-state index contributed by atoms with van der Waals surface area (Å²) in [5, 5.41) is 2.73. The van der Waals surface area contributed by atoms with Gasteiger partial charge in [0.2, 0.25) is 11.8 Å². The van der Waals surface area contributed by atoms with E-state index in [-0.39, 0.29) is 17.7 Å². The summed E-state index contributed by atoms with van der Waals surface area (Å²) in [6.45, 7) is 4.39. The number of hydrogen-bond donors (Lipinski definition) is 1. The molecule has 4 nitrogen and oxygen atoms in total. The standard InChI is InChI=1S/C28H32N2O2/c1-4-26(28(32)29-3)30(20-22-13-11-12-21(2)18-22)27(31)19-25(23-14-7-5-8-15-23)24-16-9-6-10-17-24/h5-18,25-26H,4,19-20H2,1-3H3,(H,29,32)/t26-/m0/s1. The lowest BCUT2D eigenvalue weighted by Gasteiger charge is -2.32. The van der Waals surface area contributed by atoms with Crippen molar-refractivity contribution in [3.8, 4) is 0 Å². The fraction of sp³-hybridized carbons (Fsp3) is 0.286. The summed E-state index contributed by atoms with van der Waals surface area (Å²) >= 11 is 0. The molecule has 3 aromatic rings. The monoisotopic (exact) mass is 428 g/mol. The molecule has 166 valence electrons. The normalized spacial score (nSPS) is 11.8. The zero-order valence-electron chi connectivity index (χ0n) is 19.1. The van der Waals surface area contributed by atoms with Crippen LogP contribution in [0.4, 0.5) is 0 Å². The number of rotatable bonds is 9. The van der Waals surface area contributed by atoms with Crippen LogP contribution in [0.15, 0.2) is 84.9 Å². The first-order chi connectivity index (χ1) is 15.5. The van der Waals surface area contributed by atoms with E-state index in [0.29, 0.717) is 19.4 Å². The van der Waals surface area contributed by atoms with Crippen molar-refractivity contribution < 1.29 is 9.59 Å². The third-order valence-corrected chi connectivity index (χ3v) is 5.85. The van der Waals surface area contributed by atoms with Crippen molar-refractivity contribution in [1.29, 1.82) is 0 Å². The molecule has 0 aliphatic rings. The van der Waals surface area contributed by atoms with Gasteiger partial charge in [0.25, 0.3) is 0 Å². The minimum Gasteiger partial charge on any atom is -0.357 e. The van der Waals surface area contributed by atoms with Crippen LogP contribution in [-0.4, -0.2) is 29.8 Å². The van der Waals surface area contributed by atoms with Gasteiger partial charge in [-0.15, -0.1) is 0 Å². The van der Waals surface area contributed by atoms with Crippen LogP contribution in [0.3, 0.4) is 0 Å². The molecule has 32 heavy (non-hydrogen) atoms. The molecule has 0 heterocycles. The van der Waals surface area contributed by atoms with Crippen molar-refractivity contribution in [2.45, 2.75) is 45.2 Å². The molecule has 0 radical (unpaired) electrons.